The van der Waals surface area contributed by atoms with Gasteiger partial charge in [-0.2, -0.15) is 0 Å². The van der Waals surface area contributed by atoms with Crippen molar-refractivity contribution in [2.75, 3.05) is 6.54 Å². The molecule has 1 unspecified atom stereocenters. The van der Waals surface area contributed by atoms with Crippen LogP contribution in [0.1, 0.15) is 35.1 Å². The van der Waals surface area contributed by atoms with Crippen molar-refractivity contribution in [2.45, 2.75) is 26.0 Å². The molecule has 3 heteroatoms. The molecule has 1 heterocycles. The Morgan fingerprint density at radius 1 is 1.22 bits per heavy atom. The topological polar surface area (TPSA) is 32.3 Å². The van der Waals surface area contributed by atoms with Gasteiger partial charge in [-0.3, -0.25) is 0 Å². The second kappa shape index (κ2) is 6.14. The van der Waals surface area contributed by atoms with Gasteiger partial charge in [0.2, 0.25) is 0 Å². The number of aliphatic hydroxyl groups excluding tert-OH is 1. The third kappa shape index (κ3) is 3.42. The molecule has 2 nitrogen and oxygen atoms in total. The quantitative estimate of drug-likeness (QED) is 0.864. The Morgan fingerprint density at radius 2 is 1.94 bits per heavy atom. The Labute approximate surface area is 112 Å². The minimum absolute atomic E-state index is 0.250. The maximum Gasteiger partial charge on any atom is 0.101 e. The van der Waals surface area contributed by atoms with Crippen LogP contribution in [0.4, 0.5) is 0 Å². The molecule has 1 aromatic heterocycles. The first kappa shape index (κ1) is 13.3. The van der Waals surface area contributed by atoms with Gasteiger partial charge in [0, 0.05) is 17.5 Å². The summed E-state index contributed by atoms with van der Waals surface area (Å²) in [7, 11) is 0. The summed E-state index contributed by atoms with van der Waals surface area (Å²) in [6, 6.07) is 12.7. The zero-order chi connectivity index (χ0) is 13.0. The van der Waals surface area contributed by atoms with E-state index in [4.69, 9.17) is 0 Å². The first-order valence-corrected chi connectivity index (χ1v) is 7.06. The molecule has 2 atom stereocenters. The van der Waals surface area contributed by atoms with E-state index in [1.54, 1.807) is 11.3 Å². The van der Waals surface area contributed by atoms with Crippen LogP contribution in [0.2, 0.25) is 0 Å². The van der Waals surface area contributed by atoms with Crippen molar-refractivity contribution < 1.29 is 5.11 Å². The lowest BCUT2D eigenvalue weighted by Crippen LogP contribution is -2.24. The lowest BCUT2D eigenvalue weighted by atomic mass is 10.1. The van der Waals surface area contributed by atoms with Crippen LogP contribution in [0.15, 0.2) is 41.8 Å². The highest BCUT2D eigenvalue weighted by Crippen LogP contribution is 2.19. The van der Waals surface area contributed by atoms with E-state index in [9.17, 15) is 5.11 Å². The van der Waals surface area contributed by atoms with Gasteiger partial charge in [0.1, 0.15) is 6.10 Å². The molecular weight excluding hydrogens is 242 g/mol. The largest absolute Gasteiger partial charge is 0.386 e. The van der Waals surface area contributed by atoms with Gasteiger partial charge < -0.3 is 10.4 Å². The summed E-state index contributed by atoms with van der Waals surface area (Å²) in [5.41, 5.74) is 2.52. The zero-order valence-electron chi connectivity index (χ0n) is 10.8. The molecule has 0 aliphatic heterocycles. The number of hydrogen-bond acceptors (Lipinski definition) is 3. The Hall–Kier alpha value is -1.16. The molecule has 0 amide bonds. The van der Waals surface area contributed by atoms with Gasteiger partial charge in [-0.05, 0) is 30.9 Å². The third-order valence-electron chi connectivity index (χ3n) is 3.07. The van der Waals surface area contributed by atoms with Gasteiger partial charge >= 0.3 is 0 Å². The molecule has 2 N–H and O–H groups in total. The van der Waals surface area contributed by atoms with Crippen molar-refractivity contribution >= 4 is 11.3 Å². The van der Waals surface area contributed by atoms with Gasteiger partial charge in [0.25, 0.3) is 0 Å². The van der Waals surface area contributed by atoms with E-state index in [0.29, 0.717) is 6.54 Å². The molecule has 96 valence electrons. The fourth-order valence-corrected chi connectivity index (χ4v) is 2.55. The number of rotatable bonds is 5. The maximum absolute atomic E-state index is 10.00. The van der Waals surface area contributed by atoms with Gasteiger partial charge in [-0.15, -0.1) is 11.3 Å². The predicted octanol–water partition coefficient (Wildman–Crippen LogP) is 3.44. The van der Waals surface area contributed by atoms with E-state index in [1.807, 2.05) is 17.5 Å². The Balaban J connectivity index is 1.88. The highest BCUT2D eigenvalue weighted by Gasteiger charge is 2.11. The highest BCUT2D eigenvalue weighted by molar-refractivity contribution is 7.10. The summed E-state index contributed by atoms with van der Waals surface area (Å²) in [6.07, 6.45) is -0.419. The Morgan fingerprint density at radius 3 is 2.56 bits per heavy atom. The van der Waals surface area contributed by atoms with Crippen molar-refractivity contribution in [3.05, 3.63) is 57.8 Å². The molecular formula is C15H19NOS. The number of benzene rings is 1. The van der Waals surface area contributed by atoms with E-state index in [-0.39, 0.29) is 6.04 Å². The molecule has 0 aliphatic carbocycles. The molecule has 2 rings (SSSR count). The number of aliphatic hydroxyl groups is 1. The number of nitrogens with one attached hydrogen (secondary N) is 1. The molecule has 0 radical (unpaired) electrons. The third-order valence-corrected chi connectivity index (χ3v) is 4.04. The molecule has 1 aromatic carbocycles. The summed E-state index contributed by atoms with van der Waals surface area (Å²) in [4.78, 5) is 1.01. The van der Waals surface area contributed by atoms with Crippen LogP contribution < -0.4 is 5.32 Å². The molecule has 0 spiro atoms. The number of hydrogen-bond donors (Lipinski definition) is 2. The first-order chi connectivity index (χ1) is 8.66. The fourth-order valence-electron chi connectivity index (χ4n) is 1.84. The van der Waals surface area contributed by atoms with Crippen molar-refractivity contribution in [3.63, 3.8) is 0 Å². The summed E-state index contributed by atoms with van der Waals surface area (Å²) in [5, 5.41) is 15.3. The van der Waals surface area contributed by atoms with E-state index in [2.05, 4.69) is 43.4 Å². The smallest absolute Gasteiger partial charge is 0.101 e. The fraction of sp³-hybridized carbons (Fsp3) is 0.333. The Kier molecular flexibility index (Phi) is 4.53. The van der Waals surface area contributed by atoms with E-state index >= 15 is 0 Å². The molecule has 18 heavy (non-hydrogen) atoms. The molecule has 0 fully saturated rings. The lowest BCUT2D eigenvalue weighted by molar-refractivity contribution is 0.174. The van der Waals surface area contributed by atoms with E-state index in [1.165, 1.54) is 11.1 Å². The SMILES string of the molecule is Cc1ccc([C@H](C)NCC(O)c2cccs2)cc1. The Bertz CT molecular complexity index is 464. The maximum atomic E-state index is 10.00. The number of aryl methyl sites for hydroxylation is 1. The molecule has 0 aliphatic rings. The standard InChI is InChI=1S/C15H19NOS/c1-11-5-7-13(8-6-11)12(2)16-10-14(17)15-4-3-9-18-15/h3-9,12,14,16-17H,10H2,1-2H3/t12-,14?/m0/s1. The minimum atomic E-state index is -0.419. The van der Waals surface area contributed by atoms with Gasteiger partial charge in [0.15, 0.2) is 0 Å². The van der Waals surface area contributed by atoms with E-state index < -0.39 is 6.10 Å². The zero-order valence-corrected chi connectivity index (χ0v) is 11.6. The molecule has 0 bridgehead atoms. The van der Waals surface area contributed by atoms with Crippen LogP contribution in [0.3, 0.4) is 0 Å². The number of thiophene rings is 1. The van der Waals surface area contributed by atoms with Crippen molar-refractivity contribution in [1.82, 2.24) is 5.32 Å². The molecule has 2 aromatic rings. The van der Waals surface area contributed by atoms with Gasteiger partial charge in [-0.1, -0.05) is 35.9 Å². The molecule has 0 saturated carbocycles. The average Bonchev–Trinajstić information content (AvgIpc) is 2.90. The highest BCUT2D eigenvalue weighted by atomic mass is 32.1. The summed E-state index contributed by atoms with van der Waals surface area (Å²) < 4.78 is 0. The second-order valence-electron chi connectivity index (χ2n) is 4.57. The van der Waals surface area contributed by atoms with Crippen molar-refractivity contribution in [3.8, 4) is 0 Å². The minimum Gasteiger partial charge on any atom is -0.386 e. The summed E-state index contributed by atoms with van der Waals surface area (Å²) >= 11 is 1.59. The van der Waals surface area contributed by atoms with Crippen molar-refractivity contribution in [1.29, 1.82) is 0 Å². The summed E-state index contributed by atoms with van der Waals surface area (Å²) in [5.74, 6) is 0. The predicted molar refractivity (Wildman–Crippen MR) is 76.9 cm³/mol. The van der Waals surface area contributed by atoms with Crippen molar-refractivity contribution in [2.24, 2.45) is 0 Å². The monoisotopic (exact) mass is 261 g/mol. The van der Waals surface area contributed by atoms with E-state index in [0.717, 1.165) is 4.88 Å². The molecule has 0 saturated heterocycles. The summed E-state index contributed by atoms with van der Waals surface area (Å²) in [6.45, 7) is 4.78. The van der Waals surface area contributed by atoms with Gasteiger partial charge in [-0.25, -0.2) is 0 Å². The van der Waals surface area contributed by atoms with Crippen LogP contribution in [-0.4, -0.2) is 11.7 Å². The van der Waals surface area contributed by atoms with Crippen LogP contribution in [0, 0.1) is 6.92 Å². The first-order valence-electron chi connectivity index (χ1n) is 6.18. The van der Waals surface area contributed by atoms with Gasteiger partial charge in [0.05, 0.1) is 0 Å². The van der Waals surface area contributed by atoms with Crippen LogP contribution in [0.5, 0.6) is 0 Å². The van der Waals surface area contributed by atoms with Crippen LogP contribution in [-0.2, 0) is 0 Å². The van der Waals surface area contributed by atoms with Crippen LogP contribution >= 0.6 is 11.3 Å². The average molecular weight is 261 g/mol. The second-order valence-corrected chi connectivity index (χ2v) is 5.55. The lowest BCUT2D eigenvalue weighted by Gasteiger charge is -2.17. The normalized spacial score (nSPS) is 14.4. The van der Waals surface area contributed by atoms with Crippen LogP contribution in [0.25, 0.3) is 0 Å².